The summed E-state index contributed by atoms with van der Waals surface area (Å²) in [6.07, 6.45) is 1.13. The minimum Gasteiger partial charge on any atom is -0.308 e. The maximum absolute atomic E-state index is 2.68. The maximum Gasteiger partial charge on any atom is 0.0754 e. The molecule has 1 aliphatic carbocycles. The van der Waals surface area contributed by atoms with E-state index in [0.29, 0.717) is 5.92 Å². The minimum absolute atomic E-state index is 0.117. The number of fused-ring (bicyclic) bond motifs is 8. The van der Waals surface area contributed by atoms with Gasteiger partial charge in [-0.05, 0) is 88.4 Å². The highest BCUT2D eigenvalue weighted by Crippen LogP contribution is 2.64. The summed E-state index contributed by atoms with van der Waals surface area (Å²) in [6, 6.07) is 33.4. The fourth-order valence-electron chi connectivity index (χ4n) is 8.83. The van der Waals surface area contributed by atoms with Gasteiger partial charge < -0.3 is 4.57 Å². The predicted molar refractivity (Wildman–Crippen MR) is 172 cm³/mol. The molecule has 1 heteroatoms. The molecule has 0 bridgehead atoms. The van der Waals surface area contributed by atoms with Gasteiger partial charge in [0.2, 0.25) is 0 Å². The summed E-state index contributed by atoms with van der Waals surface area (Å²) in [5.41, 5.74) is 19.3. The molecule has 2 aliphatic heterocycles. The molecule has 3 aliphatic rings. The van der Waals surface area contributed by atoms with Gasteiger partial charge >= 0.3 is 0 Å². The lowest BCUT2D eigenvalue weighted by molar-refractivity contribution is 0.612. The maximum atomic E-state index is 2.68. The van der Waals surface area contributed by atoms with E-state index < -0.39 is 0 Å². The number of nitrogens with zero attached hydrogens (tertiary/aromatic N) is 1. The molecule has 0 amide bonds. The summed E-state index contributed by atoms with van der Waals surface area (Å²) >= 11 is 0. The molecule has 5 aromatic carbocycles. The Bertz CT molecular complexity index is 2110. The van der Waals surface area contributed by atoms with Gasteiger partial charge in [-0.25, -0.2) is 0 Å². The Morgan fingerprint density at radius 3 is 1.78 bits per heavy atom. The number of rotatable bonds is 2. The molecule has 0 saturated heterocycles. The van der Waals surface area contributed by atoms with Crippen LogP contribution in [0.4, 0.5) is 0 Å². The monoisotopic (exact) mass is 529 g/mol. The quantitative estimate of drug-likeness (QED) is 0.210. The molecule has 1 unspecified atom stereocenters. The first-order valence-corrected chi connectivity index (χ1v) is 15.3. The molecule has 41 heavy (non-hydrogen) atoms. The van der Waals surface area contributed by atoms with E-state index in [4.69, 9.17) is 0 Å². The normalized spacial score (nSPS) is 16.9. The molecule has 0 saturated carbocycles. The van der Waals surface area contributed by atoms with Crippen LogP contribution in [0.25, 0.3) is 38.6 Å². The summed E-state index contributed by atoms with van der Waals surface area (Å²) < 4.78 is 2.68. The zero-order valence-corrected chi connectivity index (χ0v) is 24.8. The summed E-state index contributed by atoms with van der Waals surface area (Å²) in [4.78, 5) is 0. The zero-order chi connectivity index (χ0) is 28.0. The van der Waals surface area contributed by atoms with E-state index in [1.54, 1.807) is 0 Å². The molecule has 1 atom stereocenters. The smallest absolute Gasteiger partial charge is 0.0754 e. The molecule has 1 spiro atoms. The lowest BCUT2D eigenvalue weighted by Crippen LogP contribution is -2.37. The highest BCUT2D eigenvalue weighted by Gasteiger charge is 2.53. The van der Waals surface area contributed by atoms with E-state index in [-0.39, 0.29) is 10.8 Å². The first-order chi connectivity index (χ1) is 19.8. The zero-order valence-electron chi connectivity index (χ0n) is 24.8. The average Bonchev–Trinajstić information content (AvgIpc) is 3.45. The predicted octanol–water partition coefficient (Wildman–Crippen LogP) is 10.2. The molecule has 200 valence electrons. The van der Waals surface area contributed by atoms with Gasteiger partial charge in [0.25, 0.3) is 0 Å². The van der Waals surface area contributed by atoms with Crippen LogP contribution in [0, 0.1) is 13.8 Å². The highest BCUT2D eigenvalue weighted by molar-refractivity contribution is 6.15. The van der Waals surface area contributed by atoms with Crippen molar-refractivity contribution in [1.82, 2.24) is 4.57 Å². The van der Waals surface area contributed by atoms with Crippen LogP contribution in [0.2, 0.25) is 0 Å². The van der Waals surface area contributed by atoms with Crippen molar-refractivity contribution in [2.75, 3.05) is 0 Å². The van der Waals surface area contributed by atoms with Crippen molar-refractivity contribution < 1.29 is 0 Å². The van der Waals surface area contributed by atoms with Crippen LogP contribution in [0.3, 0.4) is 0 Å². The third-order valence-corrected chi connectivity index (χ3v) is 10.9. The van der Waals surface area contributed by atoms with E-state index >= 15 is 0 Å². The van der Waals surface area contributed by atoms with Gasteiger partial charge in [-0.3, -0.25) is 0 Å². The molecule has 0 fully saturated rings. The van der Waals surface area contributed by atoms with E-state index in [2.05, 4.69) is 131 Å². The van der Waals surface area contributed by atoms with Gasteiger partial charge in [0, 0.05) is 16.2 Å². The van der Waals surface area contributed by atoms with Gasteiger partial charge in [-0.2, -0.15) is 0 Å². The van der Waals surface area contributed by atoms with Crippen molar-refractivity contribution in [3.05, 3.63) is 135 Å². The Balaban J connectivity index is 1.64. The first-order valence-electron chi connectivity index (χ1n) is 15.3. The van der Waals surface area contributed by atoms with E-state index in [0.717, 1.165) is 6.42 Å². The van der Waals surface area contributed by atoms with Gasteiger partial charge in [0.1, 0.15) is 0 Å². The van der Waals surface area contributed by atoms with Crippen molar-refractivity contribution in [3.63, 3.8) is 0 Å². The van der Waals surface area contributed by atoms with E-state index in [9.17, 15) is 0 Å². The highest BCUT2D eigenvalue weighted by atomic mass is 15.0. The second-order valence-electron chi connectivity index (χ2n) is 13.5. The average molecular weight is 530 g/mol. The van der Waals surface area contributed by atoms with Crippen LogP contribution in [0.15, 0.2) is 84.9 Å². The van der Waals surface area contributed by atoms with Crippen LogP contribution in [-0.4, -0.2) is 4.57 Å². The van der Waals surface area contributed by atoms with E-state index in [1.165, 1.54) is 88.7 Å². The van der Waals surface area contributed by atoms with Crippen LogP contribution in [0.1, 0.15) is 90.1 Å². The Morgan fingerprint density at radius 1 is 0.634 bits per heavy atom. The Kier molecular flexibility index (Phi) is 4.25. The Morgan fingerprint density at radius 2 is 1.17 bits per heavy atom. The number of hydrogen-bond donors (Lipinski definition) is 0. The number of aryl methyl sites for hydroxylation is 2. The van der Waals surface area contributed by atoms with Crippen molar-refractivity contribution >= 4 is 21.8 Å². The third kappa shape index (κ3) is 2.52. The van der Waals surface area contributed by atoms with Gasteiger partial charge in [-0.1, -0.05) is 112 Å². The number of aromatic nitrogens is 1. The Labute approximate surface area is 242 Å². The SMILES string of the molecule is CCC(C)c1cc2c3c(c1)C1(c4ccccc4-c4ccccc41)c1cc(C)cc4c5cc(C)cc(c5n-3c14)C2(C)C. The molecule has 1 nitrogen and oxygen atoms in total. The minimum atomic E-state index is -0.363. The second-order valence-corrected chi connectivity index (χ2v) is 13.5. The van der Waals surface area contributed by atoms with Gasteiger partial charge in [-0.15, -0.1) is 0 Å². The van der Waals surface area contributed by atoms with Crippen LogP contribution >= 0.6 is 0 Å². The van der Waals surface area contributed by atoms with Crippen LogP contribution < -0.4 is 0 Å². The molecule has 1 aromatic heterocycles. The van der Waals surface area contributed by atoms with Crippen molar-refractivity contribution in [3.8, 4) is 16.8 Å². The lowest BCUT2D eigenvalue weighted by Gasteiger charge is -2.45. The molecule has 9 rings (SSSR count). The standard InChI is InChI=1S/C40H35N/c1-7-24(4)25-20-33-38-35(21-25)40(30-14-10-8-12-26(30)27-13-9-11-15-31(27)40)34-19-23(3)17-29-28-16-22(2)18-32(39(33,5)6)36(28)41(38)37(29)34/h8-21,24H,7H2,1-6H3. The lowest BCUT2D eigenvalue weighted by atomic mass is 9.62. The molecule has 0 N–H and O–H groups in total. The Hall–Kier alpha value is -4.10. The summed E-state index contributed by atoms with van der Waals surface area (Å²) in [5, 5.41) is 2.79. The second kappa shape index (κ2) is 7.39. The van der Waals surface area contributed by atoms with Crippen molar-refractivity contribution in [2.24, 2.45) is 0 Å². The molecule has 3 heterocycles. The number of benzene rings is 5. The van der Waals surface area contributed by atoms with Crippen LogP contribution in [-0.2, 0) is 10.8 Å². The molecule has 6 aromatic rings. The number of hydrogen-bond acceptors (Lipinski definition) is 0. The summed E-state index contributed by atoms with van der Waals surface area (Å²) in [5.74, 6) is 0.485. The molecular weight excluding hydrogens is 494 g/mol. The molecule has 0 radical (unpaired) electrons. The fraction of sp³-hybridized carbons (Fsp3) is 0.250. The largest absolute Gasteiger partial charge is 0.308 e. The van der Waals surface area contributed by atoms with Crippen molar-refractivity contribution in [2.45, 2.75) is 64.7 Å². The topological polar surface area (TPSA) is 4.93 Å². The van der Waals surface area contributed by atoms with E-state index in [1.807, 2.05) is 0 Å². The van der Waals surface area contributed by atoms with Crippen LogP contribution in [0.5, 0.6) is 0 Å². The summed E-state index contributed by atoms with van der Waals surface area (Å²) in [6.45, 7) is 14.2. The first kappa shape index (κ1) is 23.6. The third-order valence-electron chi connectivity index (χ3n) is 10.9. The molecular formula is C40H35N. The summed E-state index contributed by atoms with van der Waals surface area (Å²) in [7, 11) is 0. The van der Waals surface area contributed by atoms with Crippen molar-refractivity contribution in [1.29, 1.82) is 0 Å². The van der Waals surface area contributed by atoms with Gasteiger partial charge in [0.05, 0.1) is 22.1 Å². The van der Waals surface area contributed by atoms with Gasteiger partial charge in [0.15, 0.2) is 0 Å². The fourth-order valence-corrected chi connectivity index (χ4v) is 8.83.